The van der Waals surface area contributed by atoms with Crippen LogP contribution in [0.15, 0.2) is 34.9 Å². The molecule has 0 aliphatic carbocycles. The summed E-state index contributed by atoms with van der Waals surface area (Å²) in [5.41, 5.74) is 9.05. The Morgan fingerprint density at radius 2 is 2.28 bits per heavy atom. The summed E-state index contributed by atoms with van der Waals surface area (Å²) in [6.07, 6.45) is 2.01. The average Bonchev–Trinajstić information content (AvgIpc) is 2.65. The fourth-order valence-corrected chi connectivity index (χ4v) is 2.40. The number of benzene rings is 1. The van der Waals surface area contributed by atoms with Crippen LogP contribution in [-0.2, 0) is 7.05 Å². The topological polar surface area (TPSA) is 55.9 Å². The zero-order valence-corrected chi connectivity index (χ0v) is 12.1. The van der Waals surface area contributed by atoms with Gasteiger partial charge in [0, 0.05) is 35.5 Å². The van der Waals surface area contributed by atoms with Gasteiger partial charge in [0.05, 0.1) is 11.7 Å². The zero-order valence-electron chi connectivity index (χ0n) is 10.5. The molecule has 2 rings (SSSR count). The van der Waals surface area contributed by atoms with E-state index in [1.165, 1.54) is 0 Å². The van der Waals surface area contributed by atoms with Crippen molar-refractivity contribution in [2.45, 2.75) is 13.0 Å². The lowest BCUT2D eigenvalue weighted by molar-refractivity contribution is 0.754. The lowest BCUT2D eigenvalue weighted by Gasteiger charge is -2.17. The monoisotopic (exact) mass is 308 g/mol. The minimum atomic E-state index is 0.0769. The van der Waals surface area contributed by atoms with E-state index < -0.39 is 0 Å². The van der Waals surface area contributed by atoms with Crippen LogP contribution in [0.1, 0.15) is 17.3 Å². The van der Waals surface area contributed by atoms with Crippen molar-refractivity contribution in [1.29, 1.82) is 0 Å². The van der Waals surface area contributed by atoms with Gasteiger partial charge in [0.2, 0.25) is 0 Å². The lowest BCUT2D eigenvalue weighted by atomic mass is 10.1. The highest BCUT2D eigenvalue weighted by Crippen LogP contribution is 2.23. The molecule has 5 heteroatoms. The summed E-state index contributed by atoms with van der Waals surface area (Å²) in [5.74, 6) is 0. The largest absolute Gasteiger partial charge is 0.377 e. The van der Waals surface area contributed by atoms with E-state index in [9.17, 15) is 0 Å². The molecule has 1 heterocycles. The number of hydrogen-bond acceptors (Lipinski definition) is 3. The predicted octanol–water partition coefficient (Wildman–Crippen LogP) is 2.60. The molecular formula is C13H17BrN4. The Morgan fingerprint density at radius 1 is 1.50 bits per heavy atom. The van der Waals surface area contributed by atoms with Gasteiger partial charge in [-0.05, 0) is 25.1 Å². The molecule has 0 aliphatic rings. The predicted molar refractivity (Wildman–Crippen MR) is 77.5 cm³/mol. The maximum Gasteiger partial charge on any atom is 0.0669 e. The van der Waals surface area contributed by atoms with Gasteiger partial charge in [-0.3, -0.25) is 4.68 Å². The molecule has 0 spiro atoms. The summed E-state index contributed by atoms with van der Waals surface area (Å²) in [5, 5.41) is 7.78. The Morgan fingerprint density at radius 3 is 2.83 bits per heavy atom. The van der Waals surface area contributed by atoms with Crippen molar-refractivity contribution in [3.8, 4) is 0 Å². The minimum absolute atomic E-state index is 0.0769. The molecule has 3 N–H and O–H groups in total. The van der Waals surface area contributed by atoms with Crippen LogP contribution in [0.2, 0.25) is 0 Å². The van der Waals surface area contributed by atoms with Crippen LogP contribution in [-0.4, -0.2) is 16.3 Å². The first-order chi connectivity index (χ1) is 8.60. The van der Waals surface area contributed by atoms with E-state index in [1.807, 2.05) is 49.1 Å². The molecule has 0 bridgehead atoms. The quantitative estimate of drug-likeness (QED) is 0.913. The molecule has 0 saturated heterocycles. The number of nitrogens with zero attached hydrogens (tertiary/aromatic N) is 2. The van der Waals surface area contributed by atoms with E-state index in [4.69, 9.17) is 5.73 Å². The van der Waals surface area contributed by atoms with E-state index >= 15 is 0 Å². The second kappa shape index (κ2) is 5.54. The highest BCUT2D eigenvalue weighted by molar-refractivity contribution is 9.10. The van der Waals surface area contributed by atoms with Gasteiger partial charge in [0.15, 0.2) is 0 Å². The molecule has 18 heavy (non-hydrogen) atoms. The van der Waals surface area contributed by atoms with Crippen molar-refractivity contribution in [3.05, 3.63) is 46.2 Å². The highest BCUT2D eigenvalue weighted by Gasteiger charge is 2.14. The van der Waals surface area contributed by atoms with Gasteiger partial charge in [-0.25, -0.2) is 0 Å². The first-order valence-corrected chi connectivity index (χ1v) is 6.61. The fraction of sp³-hybridized carbons (Fsp3) is 0.308. The van der Waals surface area contributed by atoms with Crippen molar-refractivity contribution in [3.63, 3.8) is 0 Å². The summed E-state index contributed by atoms with van der Waals surface area (Å²) in [6, 6.07) is 8.13. The normalized spacial score (nSPS) is 12.4. The molecule has 1 aromatic carbocycles. The number of hydrogen-bond donors (Lipinski definition) is 2. The van der Waals surface area contributed by atoms with Gasteiger partial charge in [-0.15, -0.1) is 0 Å². The fourth-order valence-electron chi connectivity index (χ4n) is 2.00. The first-order valence-electron chi connectivity index (χ1n) is 5.82. The van der Waals surface area contributed by atoms with Gasteiger partial charge in [0.1, 0.15) is 0 Å². The molecule has 0 aliphatic heterocycles. The molecule has 0 fully saturated rings. The molecule has 1 atom stereocenters. The Kier molecular flexibility index (Phi) is 4.04. The molecule has 0 radical (unpaired) electrons. The average molecular weight is 309 g/mol. The molecule has 4 nitrogen and oxygen atoms in total. The number of nitrogens with one attached hydrogen (secondary N) is 1. The third-order valence-corrected chi connectivity index (χ3v) is 3.32. The highest BCUT2D eigenvalue weighted by atomic mass is 79.9. The molecule has 1 unspecified atom stereocenters. The SMILES string of the molecule is Cc1nn(C)cc1C(CN)Nc1cccc(Br)c1. The maximum atomic E-state index is 5.86. The Labute approximate surface area is 115 Å². The Balaban J connectivity index is 2.22. The van der Waals surface area contributed by atoms with Crippen LogP contribution in [0.5, 0.6) is 0 Å². The standard InChI is InChI=1S/C13H17BrN4/c1-9-12(8-18(2)17-9)13(7-15)16-11-5-3-4-10(14)6-11/h3-6,8,13,16H,7,15H2,1-2H3. The summed E-state index contributed by atoms with van der Waals surface area (Å²) < 4.78 is 2.86. The number of nitrogens with two attached hydrogens (primary N) is 1. The molecule has 2 aromatic rings. The van der Waals surface area contributed by atoms with E-state index in [-0.39, 0.29) is 6.04 Å². The Hall–Kier alpha value is -1.33. The smallest absolute Gasteiger partial charge is 0.0669 e. The summed E-state index contributed by atoms with van der Waals surface area (Å²) in [6.45, 7) is 2.53. The van der Waals surface area contributed by atoms with Gasteiger partial charge in [-0.1, -0.05) is 22.0 Å². The summed E-state index contributed by atoms with van der Waals surface area (Å²) in [4.78, 5) is 0. The van der Waals surface area contributed by atoms with Gasteiger partial charge < -0.3 is 11.1 Å². The van der Waals surface area contributed by atoms with Crippen molar-refractivity contribution >= 4 is 21.6 Å². The van der Waals surface area contributed by atoms with Gasteiger partial charge in [0.25, 0.3) is 0 Å². The van der Waals surface area contributed by atoms with Gasteiger partial charge >= 0.3 is 0 Å². The molecule has 1 aromatic heterocycles. The second-order valence-electron chi connectivity index (χ2n) is 4.29. The molecular weight excluding hydrogens is 292 g/mol. The minimum Gasteiger partial charge on any atom is -0.377 e. The van der Waals surface area contributed by atoms with E-state index in [2.05, 4.69) is 26.3 Å². The number of rotatable bonds is 4. The van der Waals surface area contributed by atoms with E-state index in [1.54, 1.807) is 0 Å². The molecule has 96 valence electrons. The zero-order chi connectivity index (χ0) is 13.1. The number of aromatic nitrogens is 2. The third-order valence-electron chi connectivity index (χ3n) is 2.83. The van der Waals surface area contributed by atoms with Crippen molar-refractivity contribution < 1.29 is 0 Å². The van der Waals surface area contributed by atoms with Crippen LogP contribution < -0.4 is 11.1 Å². The van der Waals surface area contributed by atoms with Crippen molar-refractivity contribution in [2.24, 2.45) is 12.8 Å². The van der Waals surface area contributed by atoms with E-state index in [0.29, 0.717) is 6.54 Å². The van der Waals surface area contributed by atoms with Crippen LogP contribution >= 0.6 is 15.9 Å². The Bertz CT molecular complexity index is 536. The summed E-state index contributed by atoms with van der Waals surface area (Å²) in [7, 11) is 1.92. The van der Waals surface area contributed by atoms with E-state index in [0.717, 1.165) is 21.4 Å². The molecule has 0 saturated carbocycles. The lowest BCUT2D eigenvalue weighted by Crippen LogP contribution is -2.20. The van der Waals surface area contributed by atoms with Crippen LogP contribution in [0.3, 0.4) is 0 Å². The van der Waals surface area contributed by atoms with Crippen LogP contribution in [0, 0.1) is 6.92 Å². The number of halogens is 1. The summed E-state index contributed by atoms with van der Waals surface area (Å²) >= 11 is 3.46. The van der Waals surface area contributed by atoms with Crippen LogP contribution in [0.25, 0.3) is 0 Å². The number of anilines is 1. The maximum absolute atomic E-state index is 5.86. The number of aryl methyl sites for hydroxylation is 2. The van der Waals surface area contributed by atoms with Crippen molar-refractivity contribution in [1.82, 2.24) is 9.78 Å². The third kappa shape index (κ3) is 2.91. The van der Waals surface area contributed by atoms with Gasteiger partial charge in [-0.2, -0.15) is 5.10 Å². The first kappa shape index (κ1) is 13.1. The van der Waals surface area contributed by atoms with Crippen molar-refractivity contribution in [2.75, 3.05) is 11.9 Å². The molecule has 0 amide bonds. The van der Waals surface area contributed by atoms with Crippen LogP contribution in [0.4, 0.5) is 5.69 Å². The second-order valence-corrected chi connectivity index (χ2v) is 5.20.